The van der Waals surface area contributed by atoms with Gasteiger partial charge in [-0.15, -0.1) is 5.10 Å². The van der Waals surface area contributed by atoms with Crippen LogP contribution in [-0.4, -0.2) is 31.1 Å². The zero-order valence-electron chi connectivity index (χ0n) is 9.53. The van der Waals surface area contributed by atoms with Crippen LogP contribution in [0.5, 0.6) is 0 Å². The smallest absolute Gasteiger partial charge is 0.358 e. The molecule has 2 heterocycles. The van der Waals surface area contributed by atoms with Gasteiger partial charge >= 0.3 is 5.97 Å². The van der Waals surface area contributed by atoms with Gasteiger partial charge in [-0.3, -0.25) is 4.98 Å². The van der Waals surface area contributed by atoms with Gasteiger partial charge in [-0.05, 0) is 26.0 Å². The molecule has 0 saturated carbocycles. The second kappa shape index (κ2) is 4.32. The molecule has 0 aromatic carbocycles. The van der Waals surface area contributed by atoms with Gasteiger partial charge in [0.15, 0.2) is 5.69 Å². The van der Waals surface area contributed by atoms with E-state index in [1.165, 1.54) is 4.80 Å². The van der Waals surface area contributed by atoms with Crippen LogP contribution in [0.2, 0.25) is 0 Å². The lowest BCUT2D eigenvalue weighted by Gasteiger charge is -2.00. The summed E-state index contributed by atoms with van der Waals surface area (Å²) in [5.74, 6) is -1.09. The van der Waals surface area contributed by atoms with Crippen molar-refractivity contribution in [1.82, 2.24) is 20.0 Å². The summed E-state index contributed by atoms with van der Waals surface area (Å²) in [6.07, 6.45) is 3.19. The van der Waals surface area contributed by atoms with Crippen LogP contribution in [0.15, 0.2) is 24.5 Å². The van der Waals surface area contributed by atoms with Crippen molar-refractivity contribution in [2.75, 3.05) is 0 Å². The van der Waals surface area contributed by atoms with Crippen LogP contribution >= 0.6 is 0 Å². The van der Waals surface area contributed by atoms with Gasteiger partial charge in [-0.25, -0.2) is 4.79 Å². The SMILES string of the molecule is CC(C)n1nc(C(=O)O)c(-c2cccnc2)n1. The third kappa shape index (κ3) is 2.15. The van der Waals surface area contributed by atoms with Crippen molar-refractivity contribution in [1.29, 1.82) is 0 Å². The van der Waals surface area contributed by atoms with E-state index in [2.05, 4.69) is 15.2 Å². The Balaban J connectivity index is 2.56. The fraction of sp³-hybridized carbons (Fsp3) is 0.273. The summed E-state index contributed by atoms with van der Waals surface area (Å²) in [6, 6.07) is 3.50. The van der Waals surface area contributed by atoms with Gasteiger partial charge in [0.1, 0.15) is 5.69 Å². The number of aromatic nitrogens is 4. The lowest BCUT2D eigenvalue weighted by molar-refractivity contribution is 0.0690. The maximum atomic E-state index is 11.1. The van der Waals surface area contributed by atoms with E-state index in [0.29, 0.717) is 11.3 Å². The van der Waals surface area contributed by atoms with E-state index in [9.17, 15) is 4.79 Å². The van der Waals surface area contributed by atoms with Crippen LogP contribution in [0.3, 0.4) is 0 Å². The van der Waals surface area contributed by atoms with Crippen molar-refractivity contribution in [3.8, 4) is 11.3 Å². The van der Waals surface area contributed by atoms with E-state index in [0.717, 1.165) is 0 Å². The Hall–Kier alpha value is -2.24. The molecule has 0 aliphatic rings. The van der Waals surface area contributed by atoms with Crippen LogP contribution in [-0.2, 0) is 0 Å². The predicted octanol–water partition coefficient (Wildman–Crippen LogP) is 1.62. The van der Waals surface area contributed by atoms with Gasteiger partial charge in [-0.1, -0.05) is 0 Å². The van der Waals surface area contributed by atoms with Crippen molar-refractivity contribution < 1.29 is 9.90 Å². The molecule has 6 heteroatoms. The number of nitrogens with zero attached hydrogens (tertiary/aromatic N) is 4. The quantitative estimate of drug-likeness (QED) is 0.869. The number of pyridine rings is 1. The molecule has 0 amide bonds. The van der Waals surface area contributed by atoms with E-state index >= 15 is 0 Å². The highest BCUT2D eigenvalue weighted by Crippen LogP contribution is 2.20. The maximum absolute atomic E-state index is 11.1. The second-order valence-electron chi connectivity index (χ2n) is 3.86. The normalized spacial score (nSPS) is 10.8. The number of carboxylic acids is 1. The molecule has 0 saturated heterocycles. The molecule has 88 valence electrons. The molecule has 2 rings (SSSR count). The Kier molecular flexibility index (Phi) is 2.86. The van der Waals surface area contributed by atoms with Crippen LogP contribution in [0, 0.1) is 0 Å². The molecule has 2 aromatic heterocycles. The minimum Gasteiger partial charge on any atom is -0.476 e. The van der Waals surface area contributed by atoms with Crippen molar-refractivity contribution in [2.24, 2.45) is 0 Å². The molecular formula is C11H12N4O2. The average Bonchev–Trinajstić information content (AvgIpc) is 2.75. The molecule has 0 unspecified atom stereocenters. The van der Waals surface area contributed by atoms with Gasteiger partial charge < -0.3 is 5.11 Å². The number of carbonyl (C=O) groups is 1. The highest BCUT2D eigenvalue weighted by Gasteiger charge is 2.20. The minimum absolute atomic E-state index is 0.0125. The molecule has 1 N–H and O–H groups in total. The first-order chi connectivity index (χ1) is 8.09. The van der Waals surface area contributed by atoms with E-state index in [-0.39, 0.29) is 11.7 Å². The number of aromatic carboxylic acids is 1. The van der Waals surface area contributed by atoms with E-state index in [4.69, 9.17) is 5.11 Å². The van der Waals surface area contributed by atoms with Crippen LogP contribution in [0.4, 0.5) is 0 Å². The molecular weight excluding hydrogens is 220 g/mol. The lowest BCUT2D eigenvalue weighted by atomic mass is 10.2. The molecule has 0 aliphatic carbocycles. The molecule has 6 nitrogen and oxygen atoms in total. The number of hydrogen-bond acceptors (Lipinski definition) is 4. The molecule has 2 aromatic rings. The van der Waals surface area contributed by atoms with Crippen molar-refractivity contribution >= 4 is 5.97 Å². The number of carboxylic acid groups (broad SMARTS) is 1. The molecule has 17 heavy (non-hydrogen) atoms. The van der Waals surface area contributed by atoms with Gasteiger partial charge in [0.25, 0.3) is 0 Å². The molecule has 0 atom stereocenters. The molecule has 0 fully saturated rings. The number of hydrogen-bond donors (Lipinski definition) is 1. The summed E-state index contributed by atoms with van der Waals surface area (Å²) < 4.78 is 0. The topological polar surface area (TPSA) is 80.9 Å². The first-order valence-corrected chi connectivity index (χ1v) is 5.20. The lowest BCUT2D eigenvalue weighted by Crippen LogP contribution is -2.06. The third-order valence-corrected chi connectivity index (χ3v) is 2.23. The Morgan fingerprint density at radius 1 is 1.41 bits per heavy atom. The summed E-state index contributed by atoms with van der Waals surface area (Å²) >= 11 is 0. The molecule has 0 spiro atoms. The van der Waals surface area contributed by atoms with Gasteiger partial charge in [0, 0.05) is 18.0 Å². The summed E-state index contributed by atoms with van der Waals surface area (Å²) in [5, 5.41) is 17.2. The first-order valence-electron chi connectivity index (χ1n) is 5.20. The maximum Gasteiger partial charge on any atom is 0.358 e. The zero-order valence-corrected chi connectivity index (χ0v) is 9.53. The van der Waals surface area contributed by atoms with Gasteiger partial charge in [0.2, 0.25) is 0 Å². The minimum atomic E-state index is -1.09. The highest BCUT2D eigenvalue weighted by atomic mass is 16.4. The Morgan fingerprint density at radius 2 is 2.18 bits per heavy atom. The van der Waals surface area contributed by atoms with Crippen molar-refractivity contribution in [3.63, 3.8) is 0 Å². The fourth-order valence-corrected chi connectivity index (χ4v) is 1.39. The van der Waals surface area contributed by atoms with Crippen LogP contribution in [0.1, 0.15) is 30.4 Å². The Morgan fingerprint density at radius 3 is 2.71 bits per heavy atom. The highest BCUT2D eigenvalue weighted by molar-refractivity contribution is 5.92. The molecule has 0 radical (unpaired) electrons. The first kappa shape index (κ1) is 11.3. The summed E-state index contributed by atoms with van der Waals surface area (Å²) in [4.78, 5) is 16.4. The van der Waals surface area contributed by atoms with E-state index in [1.807, 2.05) is 13.8 Å². The van der Waals surface area contributed by atoms with Crippen molar-refractivity contribution in [3.05, 3.63) is 30.2 Å². The van der Waals surface area contributed by atoms with Crippen LogP contribution < -0.4 is 0 Å². The summed E-state index contributed by atoms with van der Waals surface area (Å²) in [5.41, 5.74) is 0.947. The Labute approximate surface area is 97.9 Å². The number of rotatable bonds is 3. The largest absolute Gasteiger partial charge is 0.476 e. The summed E-state index contributed by atoms with van der Waals surface area (Å²) in [7, 11) is 0. The molecule has 0 bridgehead atoms. The monoisotopic (exact) mass is 232 g/mol. The third-order valence-electron chi connectivity index (χ3n) is 2.23. The summed E-state index contributed by atoms with van der Waals surface area (Å²) in [6.45, 7) is 3.78. The zero-order chi connectivity index (χ0) is 12.4. The van der Waals surface area contributed by atoms with E-state index < -0.39 is 5.97 Å². The van der Waals surface area contributed by atoms with Gasteiger partial charge in [-0.2, -0.15) is 9.90 Å². The predicted molar refractivity (Wildman–Crippen MR) is 60.6 cm³/mol. The fourth-order valence-electron chi connectivity index (χ4n) is 1.39. The average molecular weight is 232 g/mol. The van der Waals surface area contributed by atoms with E-state index in [1.54, 1.807) is 24.5 Å². The van der Waals surface area contributed by atoms with Crippen LogP contribution in [0.25, 0.3) is 11.3 Å². The standard InChI is InChI=1S/C11H12N4O2/c1-7(2)15-13-9(10(14-15)11(16)17)8-4-3-5-12-6-8/h3-7H,1-2H3,(H,16,17). The Bertz CT molecular complexity index is 534. The van der Waals surface area contributed by atoms with Gasteiger partial charge in [0.05, 0.1) is 6.04 Å². The molecule has 0 aliphatic heterocycles. The van der Waals surface area contributed by atoms with Crippen molar-refractivity contribution in [2.45, 2.75) is 19.9 Å². The second-order valence-corrected chi connectivity index (χ2v) is 3.86.